The van der Waals surface area contributed by atoms with Crippen LogP contribution in [-0.4, -0.2) is 34.2 Å². The van der Waals surface area contributed by atoms with Gasteiger partial charge in [-0.15, -0.1) is 0 Å². The molecule has 0 unspecified atom stereocenters. The van der Waals surface area contributed by atoms with Gasteiger partial charge in [-0.1, -0.05) is 37.3 Å². The number of aryl methyl sites for hydroxylation is 1. The number of hydrogen-bond donors (Lipinski definition) is 1. The van der Waals surface area contributed by atoms with Crippen molar-refractivity contribution in [2.75, 3.05) is 24.2 Å². The van der Waals surface area contributed by atoms with Gasteiger partial charge in [-0.25, -0.2) is 8.42 Å². The van der Waals surface area contributed by atoms with Crippen LogP contribution in [0.3, 0.4) is 0 Å². The lowest BCUT2D eigenvalue weighted by molar-refractivity contribution is -0.120. The van der Waals surface area contributed by atoms with Crippen LogP contribution < -0.4 is 14.4 Å². The number of sulfonamides is 1. The van der Waals surface area contributed by atoms with Crippen molar-refractivity contribution < 1.29 is 17.9 Å². The Morgan fingerprint density at radius 1 is 1.15 bits per heavy atom. The van der Waals surface area contributed by atoms with Crippen molar-refractivity contribution in [2.45, 2.75) is 26.3 Å². The third-order valence-corrected chi connectivity index (χ3v) is 5.45. The van der Waals surface area contributed by atoms with E-state index < -0.39 is 10.0 Å². The summed E-state index contributed by atoms with van der Waals surface area (Å²) in [7, 11) is -2.01. The van der Waals surface area contributed by atoms with Gasteiger partial charge >= 0.3 is 0 Å². The average Bonchev–Trinajstić information content (AvgIpc) is 2.65. The Bertz CT molecular complexity index is 879. The van der Waals surface area contributed by atoms with Gasteiger partial charge in [-0.3, -0.25) is 9.10 Å². The summed E-state index contributed by atoms with van der Waals surface area (Å²) in [4.78, 5) is 12.5. The summed E-state index contributed by atoms with van der Waals surface area (Å²) in [6.07, 6.45) is 1.78. The van der Waals surface area contributed by atoms with Gasteiger partial charge in [0.15, 0.2) is 0 Å². The molecule has 0 aliphatic rings. The van der Waals surface area contributed by atoms with Crippen LogP contribution in [0.5, 0.6) is 5.75 Å². The van der Waals surface area contributed by atoms with Crippen LogP contribution in [0, 0.1) is 0 Å². The molecule has 2 aromatic carbocycles. The first kappa shape index (κ1) is 20.8. The molecule has 0 heterocycles. The maximum Gasteiger partial charge on any atom is 0.241 e. The van der Waals surface area contributed by atoms with Crippen molar-refractivity contribution in [3.05, 3.63) is 59.7 Å². The van der Waals surface area contributed by atoms with Gasteiger partial charge in [0.1, 0.15) is 12.3 Å². The van der Waals surface area contributed by atoms with Crippen molar-refractivity contribution >= 4 is 21.6 Å². The maximum atomic E-state index is 12.5. The Labute approximate surface area is 161 Å². The molecule has 7 heteroatoms. The van der Waals surface area contributed by atoms with Gasteiger partial charge in [0.25, 0.3) is 0 Å². The zero-order chi connectivity index (χ0) is 20.0. The zero-order valence-corrected chi connectivity index (χ0v) is 16.9. The first-order valence-corrected chi connectivity index (χ1v) is 10.6. The lowest BCUT2D eigenvalue weighted by Gasteiger charge is -2.25. The lowest BCUT2D eigenvalue weighted by Crippen LogP contribution is -2.41. The summed E-state index contributed by atoms with van der Waals surface area (Å²) in [5.41, 5.74) is 2.32. The number of nitrogens with zero attached hydrogens (tertiary/aromatic N) is 1. The molecule has 0 saturated heterocycles. The molecule has 1 N–H and O–H groups in total. The summed E-state index contributed by atoms with van der Waals surface area (Å²) >= 11 is 0. The second-order valence-electron chi connectivity index (χ2n) is 6.31. The van der Waals surface area contributed by atoms with Gasteiger partial charge in [0.2, 0.25) is 15.9 Å². The van der Waals surface area contributed by atoms with E-state index in [4.69, 9.17) is 4.74 Å². The number of nitrogens with one attached hydrogen (secondary N) is 1. The van der Waals surface area contributed by atoms with E-state index in [1.165, 1.54) is 0 Å². The molecule has 0 fully saturated rings. The Morgan fingerprint density at radius 3 is 2.33 bits per heavy atom. The molecule has 0 bridgehead atoms. The molecule has 27 heavy (non-hydrogen) atoms. The first-order chi connectivity index (χ1) is 12.8. The molecule has 0 saturated carbocycles. The maximum absolute atomic E-state index is 12.5. The smallest absolute Gasteiger partial charge is 0.241 e. The fourth-order valence-electron chi connectivity index (χ4n) is 2.83. The van der Waals surface area contributed by atoms with Gasteiger partial charge in [-0.2, -0.15) is 0 Å². The molecule has 0 aromatic heterocycles. The minimum atomic E-state index is -3.60. The van der Waals surface area contributed by atoms with Crippen LogP contribution in [-0.2, 0) is 21.2 Å². The molecular formula is C20H26N2O4S. The van der Waals surface area contributed by atoms with Crippen LogP contribution in [0.1, 0.15) is 31.0 Å². The van der Waals surface area contributed by atoms with Crippen LogP contribution in [0.15, 0.2) is 48.5 Å². The average molecular weight is 391 g/mol. The number of hydrogen-bond acceptors (Lipinski definition) is 4. The molecule has 6 nitrogen and oxygen atoms in total. The molecule has 2 rings (SSSR count). The van der Waals surface area contributed by atoms with Gasteiger partial charge < -0.3 is 10.1 Å². The van der Waals surface area contributed by atoms with Crippen LogP contribution in [0.2, 0.25) is 0 Å². The summed E-state index contributed by atoms with van der Waals surface area (Å²) in [6, 6.07) is 14.3. The highest BCUT2D eigenvalue weighted by Gasteiger charge is 2.23. The predicted octanol–water partition coefficient (Wildman–Crippen LogP) is 2.90. The van der Waals surface area contributed by atoms with Gasteiger partial charge in [-0.05, 0) is 42.7 Å². The van der Waals surface area contributed by atoms with Gasteiger partial charge in [0.05, 0.1) is 25.1 Å². The molecule has 1 atom stereocenters. The number of amides is 1. The van der Waals surface area contributed by atoms with Crippen molar-refractivity contribution in [1.82, 2.24) is 5.32 Å². The highest BCUT2D eigenvalue weighted by molar-refractivity contribution is 7.92. The zero-order valence-electron chi connectivity index (χ0n) is 16.1. The quantitative estimate of drug-likeness (QED) is 0.752. The van der Waals surface area contributed by atoms with E-state index in [-0.39, 0.29) is 18.5 Å². The number of carbonyl (C=O) groups excluding carboxylic acids is 1. The van der Waals surface area contributed by atoms with Crippen LogP contribution >= 0.6 is 0 Å². The van der Waals surface area contributed by atoms with Crippen molar-refractivity contribution in [3.8, 4) is 5.75 Å². The SMILES string of the molecule is CCc1ccccc1N(CC(=O)N[C@@H](C)c1ccc(OC)cc1)S(C)(=O)=O. The Morgan fingerprint density at radius 2 is 1.78 bits per heavy atom. The summed E-state index contributed by atoms with van der Waals surface area (Å²) < 4.78 is 30.9. The normalized spacial score (nSPS) is 12.3. The largest absolute Gasteiger partial charge is 0.497 e. The Balaban J connectivity index is 2.16. The summed E-state index contributed by atoms with van der Waals surface area (Å²) in [5.74, 6) is 0.367. The fraction of sp³-hybridized carbons (Fsp3) is 0.350. The van der Waals surface area contributed by atoms with E-state index in [0.717, 1.165) is 27.4 Å². The van der Waals surface area contributed by atoms with E-state index in [2.05, 4.69) is 5.32 Å². The van der Waals surface area contributed by atoms with Crippen molar-refractivity contribution in [1.29, 1.82) is 0 Å². The number of benzene rings is 2. The molecular weight excluding hydrogens is 364 g/mol. The second-order valence-corrected chi connectivity index (χ2v) is 8.22. The molecule has 146 valence electrons. The van der Waals surface area contributed by atoms with E-state index in [0.29, 0.717) is 12.1 Å². The highest BCUT2D eigenvalue weighted by Crippen LogP contribution is 2.23. The standard InChI is InChI=1S/C20H26N2O4S/c1-5-16-8-6-7-9-19(16)22(27(4,24)25)14-20(23)21-15(2)17-10-12-18(26-3)13-11-17/h6-13,15H,5,14H2,1-4H3,(H,21,23)/t15-/m0/s1. The molecule has 0 radical (unpaired) electrons. The van der Waals surface area contributed by atoms with Crippen LogP contribution in [0.4, 0.5) is 5.69 Å². The molecule has 2 aromatic rings. The molecule has 1 amide bonds. The second kappa shape index (κ2) is 8.90. The Hall–Kier alpha value is -2.54. The number of carbonyl (C=O) groups is 1. The highest BCUT2D eigenvalue weighted by atomic mass is 32.2. The summed E-state index contributed by atoms with van der Waals surface area (Å²) in [6.45, 7) is 3.53. The Kier molecular flexibility index (Phi) is 6.85. The topological polar surface area (TPSA) is 75.7 Å². The summed E-state index contributed by atoms with van der Waals surface area (Å²) in [5, 5.41) is 2.86. The predicted molar refractivity (Wildman–Crippen MR) is 108 cm³/mol. The molecule has 0 aliphatic carbocycles. The first-order valence-electron chi connectivity index (χ1n) is 8.75. The number of methoxy groups -OCH3 is 1. The van der Waals surface area contributed by atoms with E-state index in [1.54, 1.807) is 19.2 Å². The third kappa shape index (κ3) is 5.47. The minimum absolute atomic E-state index is 0.258. The number of rotatable bonds is 8. The van der Waals surface area contributed by atoms with E-state index in [9.17, 15) is 13.2 Å². The van der Waals surface area contributed by atoms with E-state index >= 15 is 0 Å². The molecule has 0 spiro atoms. The van der Waals surface area contributed by atoms with Crippen LogP contribution in [0.25, 0.3) is 0 Å². The number of para-hydroxylation sites is 1. The monoisotopic (exact) mass is 390 g/mol. The third-order valence-electron chi connectivity index (χ3n) is 4.32. The lowest BCUT2D eigenvalue weighted by atomic mass is 10.1. The number of ether oxygens (including phenoxy) is 1. The molecule has 0 aliphatic heterocycles. The van der Waals surface area contributed by atoms with Gasteiger partial charge in [0, 0.05) is 0 Å². The van der Waals surface area contributed by atoms with Crippen molar-refractivity contribution in [3.63, 3.8) is 0 Å². The van der Waals surface area contributed by atoms with Crippen molar-refractivity contribution in [2.24, 2.45) is 0 Å². The minimum Gasteiger partial charge on any atom is -0.497 e. The van der Waals surface area contributed by atoms with E-state index in [1.807, 2.05) is 50.2 Å². The fourth-order valence-corrected chi connectivity index (χ4v) is 3.71. The number of anilines is 1.